The van der Waals surface area contributed by atoms with Crippen LogP contribution in [0.25, 0.3) is 11.1 Å². The van der Waals surface area contributed by atoms with Gasteiger partial charge in [-0.3, -0.25) is 0 Å². The minimum Gasteiger partial charge on any atom is -0.423 e. The highest BCUT2D eigenvalue weighted by Gasteiger charge is 2.29. The Labute approximate surface area is 123 Å². The summed E-state index contributed by atoms with van der Waals surface area (Å²) in [4.78, 5) is 6.63. The van der Waals surface area contributed by atoms with Crippen LogP contribution in [0.3, 0.4) is 0 Å². The predicted molar refractivity (Wildman–Crippen MR) is 80.0 cm³/mol. The average Bonchev–Trinajstić information content (AvgIpc) is 3.05. The number of aromatic nitrogens is 1. The molecule has 0 bridgehead atoms. The Hall–Kier alpha value is -1.62. The number of hydrogen-bond donors (Lipinski definition) is 0. The van der Waals surface area contributed by atoms with Crippen LogP contribution < -0.4 is 4.90 Å². The zero-order valence-corrected chi connectivity index (χ0v) is 12.5. The van der Waals surface area contributed by atoms with Crippen molar-refractivity contribution in [1.29, 1.82) is 0 Å². The van der Waals surface area contributed by atoms with Crippen molar-refractivity contribution in [3.63, 3.8) is 0 Å². The van der Waals surface area contributed by atoms with Crippen molar-refractivity contribution in [2.45, 2.75) is 32.2 Å². The van der Waals surface area contributed by atoms with E-state index in [2.05, 4.69) is 16.8 Å². The fourth-order valence-electron chi connectivity index (χ4n) is 3.10. The lowest BCUT2D eigenvalue weighted by Gasteiger charge is -2.27. The van der Waals surface area contributed by atoms with Gasteiger partial charge in [-0.25, -0.2) is 4.39 Å². The van der Waals surface area contributed by atoms with Gasteiger partial charge in [-0.2, -0.15) is 4.98 Å². The molecule has 0 N–H and O–H groups in total. The lowest BCUT2D eigenvalue weighted by molar-refractivity contribution is 0.201. The van der Waals surface area contributed by atoms with E-state index in [-0.39, 0.29) is 5.82 Å². The number of oxazole rings is 1. The van der Waals surface area contributed by atoms with Gasteiger partial charge < -0.3 is 14.1 Å². The first-order valence-electron chi connectivity index (χ1n) is 7.49. The van der Waals surface area contributed by atoms with Crippen LogP contribution in [0.15, 0.2) is 22.6 Å². The third-order valence-electron chi connectivity index (χ3n) is 4.23. The van der Waals surface area contributed by atoms with Crippen molar-refractivity contribution in [1.82, 2.24) is 4.98 Å². The molecular weight excluding hydrogens is 271 g/mol. The van der Waals surface area contributed by atoms with Crippen LogP contribution in [0.2, 0.25) is 0 Å². The lowest BCUT2D eigenvalue weighted by Crippen LogP contribution is -2.36. The zero-order chi connectivity index (χ0) is 14.8. The minimum absolute atomic E-state index is 0.291. The summed E-state index contributed by atoms with van der Waals surface area (Å²) in [6, 6.07) is 5.44. The van der Waals surface area contributed by atoms with E-state index < -0.39 is 0 Å². The molecule has 1 aliphatic carbocycles. The smallest absolute Gasteiger partial charge is 0.298 e. The van der Waals surface area contributed by atoms with Crippen LogP contribution in [0.5, 0.6) is 0 Å². The second-order valence-corrected chi connectivity index (χ2v) is 5.87. The molecule has 0 spiro atoms. The number of methoxy groups -OCH3 is 1. The molecule has 0 aliphatic heterocycles. The first-order valence-corrected chi connectivity index (χ1v) is 7.49. The van der Waals surface area contributed by atoms with E-state index in [1.165, 1.54) is 18.6 Å². The molecule has 2 atom stereocenters. The van der Waals surface area contributed by atoms with E-state index in [9.17, 15) is 4.39 Å². The topological polar surface area (TPSA) is 38.5 Å². The second-order valence-electron chi connectivity index (χ2n) is 5.87. The molecule has 1 aromatic carbocycles. The van der Waals surface area contributed by atoms with Gasteiger partial charge in [0.15, 0.2) is 5.58 Å². The Morgan fingerprint density at radius 3 is 3.00 bits per heavy atom. The van der Waals surface area contributed by atoms with Gasteiger partial charge in [-0.1, -0.05) is 6.92 Å². The zero-order valence-electron chi connectivity index (χ0n) is 12.5. The molecule has 1 heterocycles. The average molecular weight is 292 g/mol. The Bertz CT molecular complexity index is 613. The summed E-state index contributed by atoms with van der Waals surface area (Å²) < 4.78 is 24.3. The monoisotopic (exact) mass is 292 g/mol. The molecule has 1 saturated carbocycles. The van der Waals surface area contributed by atoms with Gasteiger partial charge in [-0.05, 0) is 37.3 Å². The van der Waals surface area contributed by atoms with Crippen molar-refractivity contribution >= 4 is 17.1 Å². The van der Waals surface area contributed by atoms with Gasteiger partial charge in [0.2, 0.25) is 0 Å². The quantitative estimate of drug-likeness (QED) is 0.844. The summed E-state index contributed by atoms with van der Waals surface area (Å²) in [6.45, 7) is 3.64. The normalized spacial score (nSPS) is 22.0. The Morgan fingerprint density at radius 2 is 2.29 bits per heavy atom. The van der Waals surface area contributed by atoms with Crippen molar-refractivity contribution in [3.8, 4) is 0 Å². The van der Waals surface area contributed by atoms with E-state index in [4.69, 9.17) is 9.15 Å². The number of anilines is 1. The molecule has 114 valence electrons. The summed E-state index contributed by atoms with van der Waals surface area (Å²) in [6.07, 6.45) is 3.50. The van der Waals surface area contributed by atoms with E-state index in [1.54, 1.807) is 13.2 Å². The molecule has 0 saturated heterocycles. The maximum absolute atomic E-state index is 13.3. The third kappa shape index (κ3) is 3.02. The maximum atomic E-state index is 13.3. The summed E-state index contributed by atoms with van der Waals surface area (Å²) in [5, 5.41) is 0. The Morgan fingerprint density at radius 1 is 1.43 bits per heavy atom. The molecule has 3 rings (SSSR count). The number of rotatable bonds is 5. The fourth-order valence-corrected chi connectivity index (χ4v) is 3.10. The lowest BCUT2D eigenvalue weighted by atomic mass is 10.1. The number of hydrogen-bond acceptors (Lipinski definition) is 4. The van der Waals surface area contributed by atoms with Crippen LogP contribution in [-0.4, -0.2) is 31.3 Å². The first kappa shape index (κ1) is 14.3. The van der Waals surface area contributed by atoms with Crippen LogP contribution >= 0.6 is 0 Å². The number of nitrogens with zero attached hydrogens (tertiary/aromatic N) is 2. The van der Waals surface area contributed by atoms with Crippen molar-refractivity contribution in [2.24, 2.45) is 5.92 Å². The molecule has 5 heteroatoms. The van der Waals surface area contributed by atoms with Crippen LogP contribution in [0.1, 0.15) is 26.2 Å². The van der Waals surface area contributed by atoms with Crippen molar-refractivity contribution in [2.75, 3.05) is 25.2 Å². The Kier molecular flexibility index (Phi) is 4.10. The van der Waals surface area contributed by atoms with Gasteiger partial charge in [0.05, 0.1) is 6.61 Å². The standard InChI is InChI=1S/C16H21FN2O2/c1-11-3-5-13(9-11)19(7-8-20-2)16-18-14-10-12(17)4-6-15(14)21-16/h4,6,10-11,13H,3,5,7-9H2,1-2H3. The van der Waals surface area contributed by atoms with E-state index in [0.29, 0.717) is 29.8 Å². The van der Waals surface area contributed by atoms with Gasteiger partial charge in [0.25, 0.3) is 6.01 Å². The highest BCUT2D eigenvalue weighted by Crippen LogP contribution is 2.33. The number of benzene rings is 1. The minimum atomic E-state index is -0.291. The largest absolute Gasteiger partial charge is 0.423 e. The molecule has 0 amide bonds. The van der Waals surface area contributed by atoms with Gasteiger partial charge in [0, 0.05) is 25.8 Å². The molecule has 2 aromatic rings. The summed E-state index contributed by atoms with van der Waals surface area (Å²) in [5.74, 6) is 0.433. The van der Waals surface area contributed by atoms with Gasteiger partial charge >= 0.3 is 0 Å². The fraction of sp³-hybridized carbons (Fsp3) is 0.562. The predicted octanol–water partition coefficient (Wildman–Crippen LogP) is 3.61. The van der Waals surface area contributed by atoms with E-state index in [0.717, 1.165) is 25.3 Å². The van der Waals surface area contributed by atoms with Crippen LogP contribution in [0, 0.1) is 11.7 Å². The molecule has 0 radical (unpaired) electrons. The molecule has 21 heavy (non-hydrogen) atoms. The summed E-state index contributed by atoms with van der Waals surface area (Å²) in [5.41, 5.74) is 1.19. The molecular formula is C16H21FN2O2. The van der Waals surface area contributed by atoms with Gasteiger partial charge in [-0.15, -0.1) is 0 Å². The highest BCUT2D eigenvalue weighted by molar-refractivity contribution is 5.74. The van der Waals surface area contributed by atoms with Crippen molar-refractivity contribution < 1.29 is 13.5 Å². The van der Waals surface area contributed by atoms with Gasteiger partial charge in [0.1, 0.15) is 11.3 Å². The summed E-state index contributed by atoms with van der Waals surface area (Å²) >= 11 is 0. The SMILES string of the molecule is COCCN(c1nc2cc(F)ccc2o1)C1CCC(C)C1. The third-order valence-corrected chi connectivity index (χ3v) is 4.23. The molecule has 1 aromatic heterocycles. The van der Waals surface area contributed by atoms with Crippen LogP contribution in [-0.2, 0) is 4.74 Å². The van der Waals surface area contributed by atoms with Crippen molar-refractivity contribution in [3.05, 3.63) is 24.0 Å². The Balaban J connectivity index is 1.89. The molecule has 1 aliphatic rings. The number of ether oxygens (including phenoxy) is 1. The highest BCUT2D eigenvalue weighted by atomic mass is 19.1. The number of halogens is 1. The molecule has 2 unspecified atom stereocenters. The first-order chi connectivity index (χ1) is 10.2. The molecule has 4 nitrogen and oxygen atoms in total. The van der Waals surface area contributed by atoms with E-state index >= 15 is 0 Å². The summed E-state index contributed by atoms with van der Waals surface area (Å²) in [7, 11) is 1.69. The second kappa shape index (κ2) is 6.02. The van der Waals surface area contributed by atoms with E-state index in [1.807, 2.05) is 0 Å². The van der Waals surface area contributed by atoms with Crippen LogP contribution in [0.4, 0.5) is 10.4 Å². The maximum Gasteiger partial charge on any atom is 0.298 e. The molecule has 1 fully saturated rings. The number of fused-ring (bicyclic) bond motifs is 1.